The molecular formula is C22H28FN3O2. The predicted octanol–water partition coefficient (Wildman–Crippen LogP) is 2.43. The Morgan fingerprint density at radius 2 is 1.89 bits per heavy atom. The quantitative estimate of drug-likeness (QED) is 0.880. The molecule has 2 aromatic rings. The van der Waals surface area contributed by atoms with Gasteiger partial charge in [0.05, 0.1) is 12.2 Å². The number of likely N-dealkylation sites (tertiary alicyclic amines) is 2. The molecule has 0 aliphatic carbocycles. The Labute approximate surface area is 165 Å². The van der Waals surface area contributed by atoms with Crippen molar-refractivity contribution < 1.29 is 14.3 Å². The molecule has 1 amide bonds. The fourth-order valence-electron chi connectivity index (χ4n) is 4.92. The molecular weight excluding hydrogens is 357 g/mol. The SMILES string of the molecule is Cc1cc(C(=O)N2CC3(CC(CO)N(C)C3)C2)c(C)n1Cc1ccc(F)cc1. The second kappa shape index (κ2) is 7.01. The normalized spacial score (nSPS) is 21.3. The van der Waals surface area contributed by atoms with Crippen LogP contribution in [0.5, 0.6) is 0 Å². The van der Waals surface area contributed by atoms with Gasteiger partial charge in [0.2, 0.25) is 0 Å². The van der Waals surface area contributed by atoms with E-state index in [1.807, 2.05) is 31.9 Å². The largest absolute Gasteiger partial charge is 0.395 e. The van der Waals surface area contributed by atoms with Crippen molar-refractivity contribution >= 4 is 5.91 Å². The highest BCUT2D eigenvalue weighted by Crippen LogP contribution is 2.42. The smallest absolute Gasteiger partial charge is 0.255 e. The monoisotopic (exact) mass is 385 g/mol. The van der Waals surface area contributed by atoms with Gasteiger partial charge in [0.15, 0.2) is 0 Å². The highest BCUT2D eigenvalue weighted by molar-refractivity contribution is 5.96. The molecule has 1 unspecified atom stereocenters. The van der Waals surface area contributed by atoms with Crippen molar-refractivity contribution in [2.45, 2.75) is 32.9 Å². The van der Waals surface area contributed by atoms with Gasteiger partial charge in [-0.25, -0.2) is 4.39 Å². The number of benzene rings is 1. The summed E-state index contributed by atoms with van der Waals surface area (Å²) in [6, 6.07) is 8.66. The fourth-order valence-corrected chi connectivity index (χ4v) is 4.92. The molecule has 150 valence electrons. The van der Waals surface area contributed by atoms with Crippen LogP contribution in [0.3, 0.4) is 0 Å². The maximum absolute atomic E-state index is 13.2. The van der Waals surface area contributed by atoms with Gasteiger partial charge >= 0.3 is 0 Å². The topological polar surface area (TPSA) is 48.7 Å². The van der Waals surface area contributed by atoms with Crippen LogP contribution in [-0.2, 0) is 6.54 Å². The lowest BCUT2D eigenvalue weighted by Crippen LogP contribution is -2.59. The van der Waals surface area contributed by atoms with E-state index in [1.54, 1.807) is 12.1 Å². The molecule has 1 aromatic carbocycles. The van der Waals surface area contributed by atoms with E-state index in [-0.39, 0.29) is 29.8 Å². The first-order chi connectivity index (χ1) is 13.3. The van der Waals surface area contributed by atoms with Crippen molar-refractivity contribution in [3.8, 4) is 0 Å². The second-order valence-electron chi connectivity index (χ2n) is 8.61. The van der Waals surface area contributed by atoms with Crippen LogP contribution in [0.1, 0.15) is 33.7 Å². The molecule has 3 heterocycles. The van der Waals surface area contributed by atoms with Gasteiger partial charge in [-0.15, -0.1) is 0 Å². The van der Waals surface area contributed by atoms with Crippen LogP contribution in [0.15, 0.2) is 30.3 Å². The molecule has 1 aromatic heterocycles. The summed E-state index contributed by atoms with van der Waals surface area (Å²) in [5.74, 6) is -0.160. The van der Waals surface area contributed by atoms with Gasteiger partial charge in [-0.1, -0.05) is 12.1 Å². The lowest BCUT2D eigenvalue weighted by Gasteiger charge is -2.48. The third-order valence-corrected chi connectivity index (χ3v) is 6.49. The van der Waals surface area contributed by atoms with Gasteiger partial charge < -0.3 is 19.5 Å². The van der Waals surface area contributed by atoms with E-state index in [0.29, 0.717) is 6.54 Å². The molecule has 6 heteroatoms. The van der Waals surface area contributed by atoms with Crippen LogP contribution < -0.4 is 0 Å². The Balaban J connectivity index is 1.47. The zero-order valence-corrected chi connectivity index (χ0v) is 16.8. The molecule has 28 heavy (non-hydrogen) atoms. The molecule has 0 bridgehead atoms. The third kappa shape index (κ3) is 3.25. The molecule has 5 nitrogen and oxygen atoms in total. The van der Waals surface area contributed by atoms with E-state index in [9.17, 15) is 14.3 Å². The number of likely N-dealkylation sites (N-methyl/N-ethyl adjacent to an activating group) is 1. The van der Waals surface area contributed by atoms with Gasteiger partial charge in [0.25, 0.3) is 5.91 Å². The van der Waals surface area contributed by atoms with Gasteiger partial charge in [-0.3, -0.25) is 4.79 Å². The fraction of sp³-hybridized carbons (Fsp3) is 0.500. The highest BCUT2D eigenvalue weighted by atomic mass is 19.1. The van der Waals surface area contributed by atoms with Crippen LogP contribution >= 0.6 is 0 Å². The summed E-state index contributed by atoms with van der Waals surface area (Å²) < 4.78 is 15.3. The number of rotatable bonds is 4. The Bertz CT molecular complexity index is 884. The standard InChI is InChI=1S/C22H28FN3O2/c1-15-8-20(16(2)26(15)10-17-4-6-18(23)7-5-17)21(28)25-13-22(14-25)9-19(11-27)24(3)12-22/h4-8,19,27H,9-14H2,1-3H3. The summed E-state index contributed by atoms with van der Waals surface area (Å²) in [6.07, 6.45) is 0.952. The second-order valence-corrected chi connectivity index (χ2v) is 8.61. The number of aryl methyl sites for hydroxylation is 1. The number of amides is 1. The number of aliphatic hydroxyl groups is 1. The summed E-state index contributed by atoms with van der Waals surface area (Å²) in [7, 11) is 2.04. The molecule has 4 rings (SSSR count). The zero-order valence-electron chi connectivity index (χ0n) is 16.8. The van der Waals surface area contributed by atoms with Crippen molar-refractivity contribution in [2.75, 3.05) is 33.3 Å². The van der Waals surface area contributed by atoms with Crippen LogP contribution in [0.25, 0.3) is 0 Å². The first kappa shape index (κ1) is 19.2. The highest BCUT2D eigenvalue weighted by Gasteiger charge is 2.51. The summed E-state index contributed by atoms with van der Waals surface area (Å²) in [6.45, 7) is 7.23. The molecule has 1 atom stereocenters. The number of hydrogen-bond donors (Lipinski definition) is 1. The van der Waals surface area contributed by atoms with Crippen molar-refractivity contribution in [1.29, 1.82) is 0 Å². The van der Waals surface area contributed by atoms with Gasteiger partial charge in [-0.05, 0) is 51.1 Å². The maximum atomic E-state index is 13.2. The Kier molecular flexibility index (Phi) is 4.79. The third-order valence-electron chi connectivity index (χ3n) is 6.49. The van der Waals surface area contributed by atoms with E-state index in [1.165, 1.54) is 12.1 Å². The predicted molar refractivity (Wildman–Crippen MR) is 106 cm³/mol. The number of nitrogens with zero attached hydrogens (tertiary/aromatic N) is 3. The van der Waals surface area contributed by atoms with E-state index >= 15 is 0 Å². The van der Waals surface area contributed by atoms with Crippen LogP contribution in [-0.4, -0.2) is 64.7 Å². The maximum Gasteiger partial charge on any atom is 0.255 e. The molecule has 2 saturated heterocycles. The number of carbonyl (C=O) groups excluding carboxylic acids is 1. The zero-order chi connectivity index (χ0) is 20.1. The van der Waals surface area contributed by atoms with E-state index in [0.717, 1.165) is 48.6 Å². The van der Waals surface area contributed by atoms with E-state index in [2.05, 4.69) is 9.47 Å². The Hall–Kier alpha value is -2.18. The van der Waals surface area contributed by atoms with Gasteiger partial charge in [0.1, 0.15) is 5.82 Å². The first-order valence-electron chi connectivity index (χ1n) is 9.83. The lowest BCUT2D eigenvalue weighted by atomic mass is 9.77. The summed E-state index contributed by atoms with van der Waals surface area (Å²) in [4.78, 5) is 17.2. The number of hydrogen-bond acceptors (Lipinski definition) is 3. The lowest BCUT2D eigenvalue weighted by molar-refractivity contribution is 0.0113. The molecule has 2 fully saturated rings. The number of aliphatic hydroxyl groups excluding tert-OH is 1. The van der Waals surface area contributed by atoms with Crippen LogP contribution in [0, 0.1) is 25.1 Å². The Morgan fingerprint density at radius 3 is 2.50 bits per heavy atom. The first-order valence-corrected chi connectivity index (χ1v) is 9.83. The molecule has 2 aliphatic heterocycles. The van der Waals surface area contributed by atoms with Gasteiger partial charge in [0, 0.05) is 49.0 Å². The minimum absolute atomic E-state index is 0.0826. The van der Waals surface area contributed by atoms with Gasteiger partial charge in [-0.2, -0.15) is 0 Å². The number of halogens is 1. The number of carbonyl (C=O) groups is 1. The average Bonchev–Trinajstić information content (AvgIpc) is 3.13. The average molecular weight is 385 g/mol. The van der Waals surface area contributed by atoms with E-state index < -0.39 is 0 Å². The molecule has 1 spiro atoms. The number of aromatic nitrogens is 1. The summed E-state index contributed by atoms with van der Waals surface area (Å²) in [5.41, 5.74) is 3.87. The summed E-state index contributed by atoms with van der Waals surface area (Å²) in [5, 5.41) is 9.50. The van der Waals surface area contributed by atoms with Crippen molar-refractivity contribution in [2.24, 2.45) is 5.41 Å². The van der Waals surface area contributed by atoms with E-state index in [4.69, 9.17) is 0 Å². The van der Waals surface area contributed by atoms with Crippen molar-refractivity contribution in [3.05, 3.63) is 58.7 Å². The minimum atomic E-state index is -0.242. The van der Waals surface area contributed by atoms with Crippen LogP contribution in [0.2, 0.25) is 0 Å². The van der Waals surface area contributed by atoms with Crippen molar-refractivity contribution in [3.63, 3.8) is 0 Å². The molecule has 1 N–H and O–H groups in total. The summed E-state index contributed by atoms with van der Waals surface area (Å²) >= 11 is 0. The molecule has 0 radical (unpaired) electrons. The minimum Gasteiger partial charge on any atom is -0.395 e. The van der Waals surface area contributed by atoms with Crippen LogP contribution in [0.4, 0.5) is 4.39 Å². The molecule has 0 saturated carbocycles. The molecule has 2 aliphatic rings. The van der Waals surface area contributed by atoms with Crippen molar-refractivity contribution in [1.82, 2.24) is 14.4 Å². The Morgan fingerprint density at radius 1 is 1.21 bits per heavy atom.